The van der Waals surface area contributed by atoms with Crippen molar-refractivity contribution in [1.29, 1.82) is 0 Å². The first-order valence-corrected chi connectivity index (χ1v) is 7.65. The average molecular weight is 292 g/mol. The summed E-state index contributed by atoms with van der Waals surface area (Å²) < 4.78 is 11.1. The molecule has 1 aromatic heterocycles. The molecular formula is C15H20N2O2S. The highest BCUT2D eigenvalue weighted by Gasteiger charge is 2.07. The number of thiazole rings is 1. The zero-order valence-electron chi connectivity index (χ0n) is 11.9. The highest BCUT2D eigenvalue weighted by Crippen LogP contribution is 2.25. The molecule has 1 N–H and O–H groups in total. The van der Waals surface area contributed by atoms with Gasteiger partial charge in [-0.25, -0.2) is 4.98 Å². The fourth-order valence-corrected chi connectivity index (χ4v) is 2.35. The fourth-order valence-electron chi connectivity index (χ4n) is 1.80. The smallest absolute Gasteiger partial charge is 0.131 e. The lowest BCUT2D eigenvalue weighted by Gasteiger charge is -2.13. The van der Waals surface area contributed by atoms with Crippen LogP contribution in [0.3, 0.4) is 0 Å². The van der Waals surface area contributed by atoms with E-state index in [9.17, 15) is 0 Å². The minimum Gasteiger partial charge on any atom is -0.497 e. The van der Waals surface area contributed by atoms with Crippen molar-refractivity contribution in [3.8, 4) is 11.5 Å². The van der Waals surface area contributed by atoms with Crippen LogP contribution in [0.4, 0.5) is 0 Å². The summed E-state index contributed by atoms with van der Waals surface area (Å²) in [7, 11) is 1.66. The van der Waals surface area contributed by atoms with Crippen LogP contribution in [0.1, 0.15) is 24.6 Å². The molecule has 1 heterocycles. The molecular weight excluding hydrogens is 272 g/mol. The van der Waals surface area contributed by atoms with Crippen LogP contribution in [0, 0.1) is 0 Å². The van der Waals surface area contributed by atoms with Gasteiger partial charge in [-0.15, -0.1) is 11.3 Å². The summed E-state index contributed by atoms with van der Waals surface area (Å²) in [5.41, 5.74) is 3.90. The summed E-state index contributed by atoms with van der Waals surface area (Å²) in [6.07, 6.45) is 1.12. The van der Waals surface area contributed by atoms with Gasteiger partial charge in [-0.05, 0) is 19.0 Å². The molecule has 0 bridgehead atoms. The molecule has 0 atom stereocenters. The normalized spacial score (nSPS) is 10.5. The van der Waals surface area contributed by atoms with Crippen LogP contribution in [0.2, 0.25) is 0 Å². The van der Waals surface area contributed by atoms with E-state index in [0.29, 0.717) is 6.61 Å². The van der Waals surface area contributed by atoms with Gasteiger partial charge < -0.3 is 14.8 Å². The third-order valence-electron chi connectivity index (χ3n) is 2.88. The van der Waals surface area contributed by atoms with Gasteiger partial charge in [-0.3, -0.25) is 0 Å². The van der Waals surface area contributed by atoms with Crippen molar-refractivity contribution in [2.24, 2.45) is 0 Å². The zero-order chi connectivity index (χ0) is 14.2. The number of rotatable bonds is 8. The van der Waals surface area contributed by atoms with Crippen LogP contribution >= 0.6 is 11.3 Å². The molecule has 108 valence electrons. The van der Waals surface area contributed by atoms with Gasteiger partial charge in [-0.1, -0.05) is 13.0 Å². The molecule has 1 aromatic carbocycles. The molecule has 0 aliphatic rings. The Bertz CT molecular complexity index is 515. The SMILES string of the molecule is CCCNCc1ccc(OC)cc1OCc1cscn1. The maximum Gasteiger partial charge on any atom is 0.131 e. The predicted molar refractivity (Wildman–Crippen MR) is 81.4 cm³/mol. The van der Waals surface area contributed by atoms with Crippen LogP contribution in [0.15, 0.2) is 29.1 Å². The Morgan fingerprint density at radius 3 is 2.95 bits per heavy atom. The van der Waals surface area contributed by atoms with E-state index in [2.05, 4.69) is 17.2 Å². The predicted octanol–water partition coefficient (Wildman–Crippen LogP) is 3.23. The third-order valence-corrected chi connectivity index (χ3v) is 3.51. The average Bonchev–Trinajstić information content (AvgIpc) is 2.99. The Balaban J connectivity index is 2.05. The Hall–Kier alpha value is -1.59. The quantitative estimate of drug-likeness (QED) is 0.759. The monoisotopic (exact) mass is 292 g/mol. The van der Waals surface area contributed by atoms with Crippen molar-refractivity contribution in [2.75, 3.05) is 13.7 Å². The highest BCUT2D eigenvalue weighted by molar-refractivity contribution is 7.07. The Morgan fingerprint density at radius 1 is 1.35 bits per heavy atom. The summed E-state index contributed by atoms with van der Waals surface area (Å²) >= 11 is 1.58. The number of hydrogen-bond donors (Lipinski definition) is 1. The molecule has 0 unspecified atom stereocenters. The summed E-state index contributed by atoms with van der Waals surface area (Å²) in [6, 6.07) is 5.92. The second kappa shape index (κ2) is 7.87. The third kappa shape index (κ3) is 4.21. The first-order valence-electron chi connectivity index (χ1n) is 6.71. The van der Waals surface area contributed by atoms with Crippen molar-refractivity contribution >= 4 is 11.3 Å². The Labute approximate surface area is 123 Å². The molecule has 5 heteroatoms. The number of nitrogens with one attached hydrogen (secondary N) is 1. The lowest BCUT2D eigenvalue weighted by Crippen LogP contribution is -2.14. The summed E-state index contributed by atoms with van der Waals surface area (Å²) in [6.45, 7) is 4.43. The van der Waals surface area contributed by atoms with Gasteiger partial charge in [0.25, 0.3) is 0 Å². The van der Waals surface area contributed by atoms with Gasteiger partial charge in [0, 0.05) is 23.6 Å². The summed E-state index contributed by atoms with van der Waals surface area (Å²) in [5, 5.41) is 5.38. The molecule has 0 aliphatic carbocycles. The molecule has 0 aliphatic heterocycles. The first-order chi connectivity index (χ1) is 9.83. The molecule has 0 amide bonds. The van der Waals surface area contributed by atoms with Crippen LogP contribution in [-0.4, -0.2) is 18.6 Å². The van der Waals surface area contributed by atoms with Gasteiger partial charge in [0.15, 0.2) is 0 Å². The highest BCUT2D eigenvalue weighted by atomic mass is 32.1. The van der Waals surface area contributed by atoms with Crippen molar-refractivity contribution in [3.05, 3.63) is 40.3 Å². The number of ether oxygens (including phenoxy) is 2. The number of nitrogens with zero attached hydrogens (tertiary/aromatic N) is 1. The molecule has 0 radical (unpaired) electrons. The number of hydrogen-bond acceptors (Lipinski definition) is 5. The van der Waals surface area contributed by atoms with E-state index in [-0.39, 0.29) is 0 Å². The summed E-state index contributed by atoms with van der Waals surface area (Å²) in [4.78, 5) is 4.23. The van der Waals surface area contributed by atoms with E-state index in [1.807, 2.05) is 29.1 Å². The van der Waals surface area contributed by atoms with Crippen molar-refractivity contribution in [1.82, 2.24) is 10.3 Å². The fraction of sp³-hybridized carbons (Fsp3) is 0.400. The topological polar surface area (TPSA) is 43.4 Å². The van der Waals surface area contributed by atoms with Crippen LogP contribution in [0.5, 0.6) is 11.5 Å². The maximum atomic E-state index is 5.88. The van der Waals surface area contributed by atoms with Crippen molar-refractivity contribution in [3.63, 3.8) is 0 Å². The van der Waals surface area contributed by atoms with E-state index in [4.69, 9.17) is 9.47 Å². The van der Waals surface area contributed by atoms with E-state index in [1.54, 1.807) is 18.4 Å². The number of methoxy groups -OCH3 is 1. The zero-order valence-corrected chi connectivity index (χ0v) is 12.7. The van der Waals surface area contributed by atoms with Gasteiger partial charge >= 0.3 is 0 Å². The second-order valence-electron chi connectivity index (χ2n) is 4.42. The van der Waals surface area contributed by atoms with E-state index >= 15 is 0 Å². The number of benzene rings is 1. The second-order valence-corrected chi connectivity index (χ2v) is 5.14. The van der Waals surface area contributed by atoms with E-state index in [1.165, 1.54) is 0 Å². The largest absolute Gasteiger partial charge is 0.497 e. The Kier molecular flexibility index (Phi) is 5.83. The molecule has 2 aromatic rings. The van der Waals surface area contributed by atoms with E-state index < -0.39 is 0 Å². The van der Waals surface area contributed by atoms with E-state index in [0.717, 1.165) is 42.3 Å². The molecule has 2 rings (SSSR count). The van der Waals surface area contributed by atoms with Crippen LogP contribution in [0.25, 0.3) is 0 Å². The molecule has 0 saturated heterocycles. The van der Waals surface area contributed by atoms with Crippen LogP contribution < -0.4 is 14.8 Å². The minimum absolute atomic E-state index is 0.484. The minimum atomic E-state index is 0.484. The lowest BCUT2D eigenvalue weighted by molar-refractivity contribution is 0.295. The standard InChI is InChI=1S/C15H20N2O2S/c1-3-6-16-8-12-4-5-14(18-2)7-15(12)19-9-13-10-20-11-17-13/h4-5,7,10-11,16H,3,6,8-9H2,1-2H3. The van der Waals surface area contributed by atoms with Gasteiger partial charge in [-0.2, -0.15) is 0 Å². The molecule has 4 nitrogen and oxygen atoms in total. The Morgan fingerprint density at radius 2 is 2.25 bits per heavy atom. The first kappa shape index (κ1) is 14.8. The van der Waals surface area contributed by atoms with Gasteiger partial charge in [0.2, 0.25) is 0 Å². The van der Waals surface area contributed by atoms with Gasteiger partial charge in [0.1, 0.15) is 18.1 Å². The summed E-state index contributed by atoms with van der Waals surface area (Å²) in [5.74, 6) is 1.65. The molecule has 0 spiro atoms. The maximum absolute atomic E-state index is 5.88. The molecule has 0 fully saturated rings. The van der Waals surface area contributed by atoms with Crippen molar-refractivity contribution in [2.45, 2.75) is 26.5 Å². The molecule has 0 saturated carbocycles. The molecule has 20 heavy (non-hydrogen) atoms. The van der Waals surface area contributed by atoms with Crippen LogP contribution in [-0.2, 0) is 13.2 Å². The van der Waals surface area contributed by atoms with Crippen molar-refractivity contribution < 1.29 is 9.47 Å². The van der Waals surface area contributed by atoms with Gasteiger partial charge in [0.05, 0.1) is 18.3 Å². The lowest BCUT2D eigenvalue weighted by atomic mass is 10.2. The number of aromatic nitrogens is 1.